The van der Waals surface area contributed by atoms with Gasteiger partial charge in [-0.15, -0.1) is 0 Å². The van der Waals surface area contributed by atoms with Crippen molar-refractivity contribution in [3.63, 3.8) is 0 Å². The molecule has 1 aromatic carbocycles. The standard InChI is InChI=1S/C13H18N2O2/c1-10(2)9-14-8-4-5-11-12(14)6-3-7-13(11)15(16)17/h3,6-7,10H,4-5,8-9H2,1-2H3. The van der Waals surface area contributed by atoms with E-state index in [1.165, 1.54) is 0 Å². The second-order valence-electron chi connectivity index (χ2n) is 4.98. The molecule has 0 aromatic heterocycles. The Morgan fingerprint density at radius 1 is 1.47 bits per heavy atom. The van der Waals surface area contributed by atoms with Crippen LogP contribution in [0.3, 0.4) is 0 Å². The van der Waals surface area contributed by atoms with Gasteiger partial charge in [-0.1, -0.05) is 19.9 Å². The van der Waals surface area contributed by atoms with E-state index in [0.29, 0.717) is 5.92 Å². The smallest absolute Gasteiger partial charge is 0.274 e. The highest BCUT2D eigenvalue weighted by atomic mass is 16.6. The Bertz CT molecular complexity index is 429. The van der Waals surface area contributed by atoms with E-state index in [4.69, 9.17) is 0 Å². The van der Waals surface area contributed by atoms with Gasteiger partial charge in [0.05, 0.1) is 10.5 Å². The van der Waals surface area contributed by atoms with Crippen LogP contribution in [0.5, 0.6) is 0 Å². The third-order valence-corrected chi connectivity index (χ3v) is 3.10. The van der Waals surface area contributed by atoms with E-state index in [-0.39, 0.29) is 10.6 Å². The molecule has 92 valence electrons. The van der Waals surface area contributed by atoms with Crippen molar-refractivity contribution < 1.29 is 4.92 Å². The number of hydrogen-bond donors (Lipinski definition) is 0. The molecule has 0 saturated carbocycles. The molecule has 0 unspecified atom stereocenters. The highest BCUT2D eigenvalue weighted by Crippen LogP contribution is 2.34. The lowest BCUT2D eigenvalue weighted by molar-refractivity contribution is -0.385. The Morgan fingerprint density at radius 3 is 2.88 bits per heavy atom. The van der Waals surface area contributed by atoms with Crippen molar-refractivity contribution in [2.24, 2.45) is 5.92 Å². The number of nitrogens with zero attached hydrogens (tertiary/aromatic N) is 2. The molecule has 0 bridgehead atoms. The summed E-state index contributed by atoms with van der Waals surface area (Å²) in [6.07, 6.45) is 1.83. The van der Waals surface area contributed by atoms with Crippen LogP contribution in [0.4, 0.5) is 11.4 Å². The van der Waals surface area contributed by atoms with Crippen molar-refractivity contribution in [3.8, 4) is 0 Å². The van der Waals surface area contributed by atoms with Crippen molar-refractivity contribution in [2.75, 3.05) is 18.0 Å². The normalized spacial score (nSPS) is 14.9. The van der Waals surface area contributed by atoms with Gasteiger partial charge in [-0.05, 0) is 24.8 Å². The monoisotopic (exact) mass is 234 g/mol. The zero-order valence-electron chi connectivity index (χ0n) is 10.3. The first kappa shape index (κ1) is 11.9. The maximum absolute atomic E-state index is 11.0. The zero-order chi connectivity index (χ0) is 12.4. The number of anilines is 1. The van der Waals surface area contributed by atoms with Crippen LogP contribution in [0.15, 0.2) is 18.2 Å². The van der Waals surface area contributed by atoms with E-state index >= 15 is 0 Å². The van der Waals surface area contributed by atoms with Crippen LogP contribution in [-0.4, -0.2) is 18.0 Å². The predicted molar refractivity (Wildman–Crippen MR) is 68.5 cm³/mol. The number of benzene rings is 1. The maximum atomic E-state index is 11.0. The van der Waals surface area contributed by atoms with Crippen LogP contribution in [0.25, 0.3) is 0 Å². The van der Waals surface area contributed by atoms with Crippen molar-refractivity contribution in [2.45, 2.75) is 26.7 Å². The van der Waals surface area contributed by atoms with Gasteiger partial charge in [-0.2, -0.15) is 0 Å². The van der Waals surface area contributed by atoms with Crippen molar-refractivity contribution in [3.05, 3.63) is 33.9 Å². The van der Waals surface area contributed by atoms with Gasteiger partial charge in [-0.3, -0.25) is 10.1 Å². The molecule has 0 N–H and O–H groups in total. The van der Waals surface area contributed by atoms with Crippen LogP contribution in [0, 0.1) is 16.0 Å². The molecule has 0 saturated heterocycles. The van der Waals surface area contributed by atoms with E-state index in [9.17, 15) is 10.1 Å². The molecule has 1 heterocycles. The van der Waals surface area contributed by atoms with E-state index in [2.05, 4.69) is 18.7 Å². The van der Waals surface area contributed by atoms with Gasteiger partial charge in [0, 0.05) is 24.8 Å². The number of nitro benzene ring substituents is 1. The fraction of sp³-hybridized carbons (Fsp3) is 0.538. The summed E-state index contributed by atoms with van der Waals surface area (Å²) in [5.41, 5.74) is 2.24. The second kappa shape index (κ2) is 4.73. The summed E-state index contributed by atoms with van der Waals surface area (Å²) in [7, 11) is 0. The van der Waals surface area contributed by atoms with Gasteiger partial charge in [0.1, 0.15) is 0 Å². The van der Waals surface area contributed by atoms with Crippen molar-refractivity contribution >= 4 is 11.4 Å². The molecule has 0 atom stereocenters. The quantitative estimate of drug-likeness (QED) is 0.596. The van der Waals surface area contributed by atoms with Gasteiger partial charge < -0.3 is 4.90 Å². The zero-order valence-corrected chi connectivity index (χ0v) is 10.3. The van der Waals surface area contributed by atoms with Gasteiger partial charge in [-0.25, -0.2) is 0 Å². The molecule has 0 fully saturated rings. The molecule has 4 heteroatoms. The summed E-state index contributed by atoms with van der Waals surface area (Å²) in [5.74, 6) is 0.570. The molecule has 1 aliphatic rings. The number of nitro groups is 1. The molecular formula is C13H18N2O2. The summed E-state index contributed by atoms with van der Waals surface area (Å²) in [5, 5.41) is 11.0. The average molecular weight is 234 g/mol. The van der Waals surface area contributed by atoms with Gasteiger partial charge in [0.15, 0.2) is 0 Å². The highest BCUT2D eigenvalue weighted by Gasteiger charge is 2.24. The van der Waals surface area contributed by atoms with Crippen LogP contribution in [0.2, 0.25) is 0 Å². The van der Waals surface area contributed by atoms with Gasteiger partial charge in [0.2, 0.25) is 0 Å². The fourth-order valence-electron chi connectivity index (χ4n) is 2.48. The third-order valence-electron chi connectivity index (χ3n) is 3.10. The molecule has 0 amide bonds. The molecule has 2 rings (SSSR count). The van der Waals surface area contributed by atoms with Crippen LogP contribution < -0.4 is 4.90 Å². The average Bonchev–Trinajstić information content (AvgIpc) is 2.28. The topological polar surface area (TPSA) is 46.4 Å². The maximum Gasteiger partial charge on any atom is 0.274 e. The first-order valence-corrected chi connectivity index (χ1v) is 6.11. The minimum absolute atomic E-state index is 0.266. The van der Waals surface area contributed by atoms with Crippen LogP contribution >= 0.6 is 0 Å². The summed E-state index contributed by atoms with van der Waals surface area (Å²) in [6.45, 7) is 6.32. The SMILES string of the molecule is CC(C)CN1CCCc2c1cccc2[N+](=O)[O-]. The fourth-order valence-corrected chi connectivity index (χ4v) is 2.48. The summed E-state index contributed by atoms with van der Waals surface area (Å²) < 4.78 is 0. The first-order valence-electron chi connectivity index (χ1n) is 6.11. The van der Waals surface area contributed by atoms with Crippen molar-refractivity contribution in [1.82, 2.24) is 0 Å². The van der Waals surface area contributed by atoms with E-state index in [0.717, 1.165) is 37.2 Å². The Hall–Kier alpha value is -1.58. The molecular weight excluding hydrogens is 216 g/mol. The Kier molecular flexibility index (Phi) is 3.31. The van der Waals surface area contributed by atoms with Crippen molar-refractivity contribution in [1.29, 1.82) is 0 Å². The second-order valence-corrected chi connectivity index (χ2v) is 4.98. The lowest BCUT2D eigenvalue weighted by Crippen LogP contribution is -2.32. The number of rotatable bonds is 3. The molecule has 1 aromatic rings. The highest BCUT2D eigenvalue weighted by molar-refractivity contribution is 5.63. The molecule has 17 heavy (non-hydrogen) atoms. The van der Waals surface area contributed by atoms with Gasteiger partial charge >= 0.3 is 0 Å². The first-order chi connectivity index (χ1) is 8.09. The molecule has 1 aliphatic heterocycles. The molecule has 0 radical (unpaired) electrons. The minimum Gasteiger partial charge on any atom is -0.371 e. The molecule has 0 spiro atoms. The Balaban J connectivity index is 2.38. The third kappa shape index (κ3) is 2.40. The Morgan fingerprint density at radius 2 is 2.24 bits per heavy atom. The van der Waals surface area contributed by atoms with Crippen LogP contribution in [0.1, 0.15) is 25.8 Å². The summed E-state index contributed by atoms with van der Waals surface area (Å²) >= 11 is 0. The molecule has 0 aliphatic carbocycles. The largest absolute Gasteiger partial charge is 0.371 e. The van der Waals surface area contributed by atoms with Crippen LogP contribution in [-0.2, 0) is 6.42 Å². The molecule has 4 nitrogen and oxygen atoms in total. The Labute approximate surface area is 101 Å². The predicted octanol–water partition coefficient (Wildman–Crippen LogP) is 3.00. The van der Waals surface area contributed by atoms with E-state index in [1.54, 1.807) is 12.1 Å². The van der Waals surface area contributed by atoms with E-state index < -0.39 is 0 Å². The van der Waals surface area contributed by atoms with Gasteiger partial charge in [0.25, 0.3) is 5.69 Å². The summed E-state index contributed by atoms with van der Waals surface area (Å²) in [6, 6.07) is 5.40. The van der Waals surface area contributed by atoms with E-state index in [1.807, 2.05) is 6.07 Å². The number of hydrogen-bond acceptors (Lipinski definition) is 3. The lowest BCUT2D eigenvalue weighted by atomic mass is 9.99. The lowest BCUT2D eigenvalue weighted by Gasteiger charge is -2.32. The minimum atomic E-state index is -0.266. The summed E-state index contributed by atoms with van der Waals surface area (Å²) in [4.78, 5) is 13.0. The number of fused-ring (bicyclic) bond motifs is 1.